The van der Waals surface area contributed by atoms with Gasteiger partial charge in [0.05, 0.1) is 13.7 Å². The number of esters is 1. The van der Waals surface area contributed by atoms with Crippen LogP contribution in [0.3, 0.4) is 0 Å². The minimum atomic E-state index is -0.438. The molecular weight excluding hydrogens is 372 g/mol. The third-order valence-electron chi connectivity index (χ3n) is 4.71. The maximum absolute atomic E-state index is 12.4. The normalized spacial score (nSPS) is 10.7. The second-order valence-corrected chi connectivity index (χ2v) is 6.59. The highest BCUT2D eigenvalue weighted by atomic mass is 16.5. The summed E-state index contributed by atoms with van der Waals surface area (Å²) in [6.07, 6.45) is 0.437. The van der Waals surface area contributed by atoms with Crippen LogP contribution in [0.1, 0.15) is 30.0 Å². The van der Waals surface area contributed by atoms with Gasteiger partial charge in [-0.3, -0.25) is 4.79 Å². The van der Waals surface area contributed by atoms with E-state index in [0.717, 1.165) is 22.3 Å². The zero-order valence-corrected chi connectivity index (χ0v) is 16.8. The monoisotopic (exact) mass is 396 g/mol. The van der Waals surface area contributed by atoms with Gasteiger partial charge in [0, 0.05) is 23.4 Å². The Kier molecular flexibility index (Phi) is 6.54. The van der Waals surface area contributed by atoms with Crippen molar-refractivity contribution in [2.75, 3.05) is 13.7 Å². The minimum Gasteiger partial charge on any atom is -0.497 e. The SMILES string of the molecule is CCOC(=O)CCc1c(C)c2ccc(OCc3ccc(OC)cc3)cc2oc1=O. The molecule has 1 heterocycles. The van der Waals surface area contributed by atoms with E-state index in [1.165, 1.54) is 0 Å². The minimum absolute atomic E-state index is 0.147. The number of ether oxygens (including phenoxy) is 3. The number of methoxy groups -OCH3 is 1. The molecule has 0 saturated heterocycles. The van der Waals surface area contributed by atoms with Gasteiger partial charge in [0.1, 0.15) is 23.7 Å². The number of carbonyl (C=O) groups is 1. The summed E-state index contributed by atoms with van der Waals surface area (Å²) in [7, 11) is 1.62. The lowest BCUT2D eigenvalue weighted by molar-refractivity contribution is -0.143. The van der Waals surface area contributed by atoms with Gasteiger partial charge in [-0.1, -0.05) is 12.1 Å². The molecule has 0 saturated carbocycles. The van der Waals surface area contributed by atoms with Crippen LogP contribution in [0.4, 0.5) is 0 Å². The zero-order valence-electron chi connectivity index (χ0n) is 16.8. The molecule has 0 aliphatic rings. The fraction of sp³-hybridized carbons (Fsp3) is 0.304. The summed E-state index contributed by atoms with van der Waals surface area (Å²) < 4.78 is 21.4. The smallest absolute Gasteiger partial charge is 0.339 e. The molecule has 0 bridgehead atoms. The highest BCUT2D eigenvalue weighted by Gasteiger charge is 2.14. The highest BCUT2D eigenvalue weighted by Crippen LogP contribution is 2.25. The molecule has 3 rings (SSSR count). The van der Waals surface area contributed by atoms with E-state index in [0.29, 0.717) is 36.5 Å². The van der Waals surface area contributed by atoms with E-state index in [9.17, 15) is 9.59 Å². The molecule has 0 spiro atoms. The number of aryl methyl sites for hydroxylation is 1. The molecule has 6 heteroatoms. The van der Waals surface area contributed by atoms with Crippen molar-refractivity contribution in [2.45, 2.75) is 33.3 Å². The highest BCUT2D eigenvalue weighted by molar-refractivity contribution is 5.82. The number of rotatable bonds is 8. The number of benzene rings is 2. The van der Waals surface area contributed by atoms with Gasteiger partial charge >= 0.3 is 11.6 Å². The zero-order chi connectivity index (χ0) is 20.8. The van der Waals surface area contributed by atoms with Gasteiger partial charge in [0.15, 0.2) is 0 Å². The molecule has 2 aromatic carbocycles. The molecule has 3 aromatic rings. The van der Waals surface area contributed by atoms with E-state index in [4.69, 9.17) is 18.6 Å². The summed E-state index contributed by atoms with van der Waals surface area (Å²) in [5.41, 5.74) is 2.32. The molecule has 152 valence electrons. The topological polar surface area (TPSA) is 75.0 Å². The maximum Gasteiger partial charge on any atom is 0.339 e. The molecule has 29 heavy (non-hydrogen) atoms. The third-order valence-corrected chi connectivity index (χ3v) is 4.71. The average Bonchev–Trinajstić information content (AvgIpc) is 2.72. The van der Waals surface area contributed by atoms with Crippen LogP contribution in [0.25, 0.3) is 11.0 Å². The Bertz CT molecular complexity index is 1050. The predicted octanol–water partition coefficient (Wildman–Crippen LogP) is 4.18. The Balaban J connectivity index is 1.76. The summed E-state index contributed by atoms with van der Waals surface area (Å²) in [5.74, 6) is 1.07. The number of fused-ring (bicyclic) bond motifs is 1. The van der Waals surface area contributed by atoms with Gasteiger partial charge in [0.25, 0.3) is 0 Å². The van der Waals surface area contributed by atoms with E-state index < -0.39 is 5.63 Å². The van der Waals surface area contributed by atoms with Crippen molar-refractivity contribution >= 4 is 16.9 Å². The standard InChI is InChI=1S/C23H24O6/c1-4-27-22(24)12-11-20-15(2)19-10-9-18(13-21(19)29-23(20)25)28-14-16-5-7-17(26-3)8-6-16/h5-10,13H,4,11-12,14H2,1-3H3. The molecule has 0 fully saturated rings. The summed E-state index contributed by atoms with van der Waals surface area (Å²) >= 11 is 0. The van der Waals surface area contributed by atoms with Crippen molar-refractivity contribution in [2.24, 2.45) is 0 Å². The van der Waals surface area contributed by atoms with E-state index in [1.54, 1.807) is 20.1 Å². The van der Waals surface area contributed by atoms with Crippen LogP contribution in [0.5, 0.6) is 11.5 Å². The number of hydrogen-bond acceptors (Lipinski definition) is 6. The van der Waals surface area contributed by atoms with E-state index >= 15 is 0 Å². The van der Waals surface area contributed by atoms with Crippen molar-refractivity contribution in [1.29, 1.82) is 0 Å². The van der Waals surface area contributed by atoms with Crippen LogP contribution in [0.2, 0.25) is 0 Å². The fourth-order valence-corrected chi connectivity index (χ4v) is 3.10. The van der Waals surface area contributed by atoms with Gasteiger partial charge in [0.2, 0.25) is 0 Å². The van der Waals surface area contributed by atoms with Crippen LogP contribution < -0.4 is 15.1 Å². The lowest BCUT2D eigenvalue weighted by Crippen LogP contribution is -2.13. The Hall–Kier alpha value is -3.28. The summed E-state index contributed by atoms with van der Waals surface area (Å²) in [4.78, 5) is 24.0. The Morgan fingerprint density at radius 3 is 2.48 bits per heavy atom. The second-order valence-electron chi connectivity index (χ2n) is 6.59. The lowest BCUT2D eigenvalue weighted by Gasteiger charge is -2.10. The van der Waals surface area contributed by atoms with Crippen molar-refractivity contribution < 1.29 is 23.4 Å². The molecule has 1 aromatic heterocycles. The van der Waals surface area contributed by atoms with E-state index in [-0.39, 0.29) is 12.4 Å². The van der Waals surface area contributed by atoms with Crippen LogP contribution in [-0.2, 0) is 22.6 Å². The third kappa shape index (κ3) is 4.96. The van der Waals surface area contributed by atoms with Crippen LogP contribution >= 0.6 is 0 Å². The van der Waals surface area contributed by atoms with Gasteiger partial charge in [-0.05, 0) is 55.7 Å². The Labute approximate surface area is 169 Å². The first-order valence-electron chi connectivity index (χ1n) is 9.49. The Morgan fingerprint density at radius 2 is 1.79 bits per heavy atom. The fourth-order valence-electron chi connectivity index (χ4n) is 3.10. The lowest BCUT2D eigenvalue weighted by atomic mass is 10.0. The molecule has 6 nitrogen and oxygen atoms in total. The summed E-state index contributed by atoms with van der Waals surface area (Å²) in [6, 6.07) is 13.0. The van der Waals surface area contributed by atoms with Crippen molar-refractivity contribution in [3.05, 3.63) is 69.6 Å². The molecule has 0 aliphatic heterocycles. The quantitative estimate of drug-likeness (QED) is 0.420. The molecule has 0 aliphatic carbocycles. The molecule has 0 atom stereocenters. The number of hydrogen-bond donors (Lipinski definition) is 0. The van der Waals surface area contributed by atoms with E-state index in [1.807, 2.05) is 43.3 Å². The van der Waals surface area contributed by atoms with Gasteiger partial charge in [-0.2, -0.15) is 0 Å². The van der Waals surface area contributed by atoms with Crippen LogP contribution in [0, 0.1) is 6.92 Å². The molecular formula is C23H24O6. The molecule has 0 N–H and O–H groups in total. The first-order chi connectivity index (χ1) is 14.0. The summed E-state index contributed by atoms with van der Waals surface area (Å²) in [5, 5.41) is 0.820. The first-order valence-corrected chi connectivity index (χ1v) is 9.49. The molecule has 0 unspecified atom stereocenters. The number of carbonyl (C=O) groups excluding carboxylic acids is 1. The van der Waals surface area contributed by atoms with Crippen molar-refractivity contribution in [1.82, 2.24) is 0 Å². The van der Waals surface area contributed by atoms with Gasteiger partial charge < -0.3 is 18.6 Å². The van der Waals surface area contributed by atoms with Crippen molar-refractivity contribution in [3.63, 3.8) is 0 Å². The van der Waals surface area contributed by atoms with E-state index in [2.05, 4.69) is 0 Å². The molecule has 0 radical (unpaired) electrons. The Morgan fingerprint density at radius 1 is 1.07 bits per heavy atom. The summed E-state index contributed by atoms with van der Waals surface area (Å²) in [6.45, 7) is 4.32. The second kappa shape index (κ2) is 9.28. The predicted molar refractivity (Wildman–Crippen MR) is 110 cm³/mol. The largest absolute Gasteiger partial charge is 0.497 e. The molecule has 0 amide bonds. The van der Waals surface area contributed by atoms with Crippen LogP contribution in [0.15, 0.2) is 51.7 Å². The average molecular weight is 396 g/mol. The van der Waals surface area contributed by atoms with Gasteiger partial charge in [-0.25, -0.2) is 4.79 Å². The van der Waals surface area contributed by atoms with Crippen LogP contribution in [-0.4, -0.2) is 19.7 Å². The van der Waals surface area contributed by atoms with Crippen molar-refractivity contribution in [3.8, 4) is 11.5 Å². The first kappa shape index (κ1) is 20.5. The maximum atomic E-state index is 12.4. The van der Waals surface area contributed by atoms with Gasteiger partial charge in [-0.15, -0.1) is 0 Å².